The Labute approximate surface area is 131 Å². The lowest BCUT2D eigenvalue weighted by atomic mass is 10.3. The van der Waals surface area contributed by atoms with E-state index in [9.17, 15) is 0 Å². The molecule has 0 aliphatic carbocycles. The summed E-state index contributed by atoms with van der Waals surface area (Å²) in [5.41, 5.74) is 1.81. The van der Waals surface area contributed by atoms with E-state index in [1.165, 1.54) is 9.77 Å². The van der Waals surface area contributed by atoms with E-state index in [1.54, 1.807) is 29.3 Å². The molecule has 1 N–H and O–H groups in total. The van der Waals surface area contributed by atoms with Crippen LogP contribution in [0.3, 0.4) is 0 Å². The second-order valence-corrected chi connectivity index (χ2v) is 6.51. The van der Waals surface area contributed by atoms with Crippen molar-refractivity contribution in [2.75, 3.05) is 11.6 Å². The summed E-state index contributed by atoms with van der Waals surface area (Å²) in [5.74, 6) is 0.581. The van der Waals surface area contributed by atoms with E-state index < -0.39 is 0 Å². The molecule has 0 fully saturated rings. The topological polar surface area (TPSA) is 50.7 Å². The number of nitrogens with zero attached hydrogens (tertiary/aromatic N) is 3. The van der Waals surface area contributed by atoms with Gasteiger partial charge in [-0.15, -0.1) is 23.1 Å². The standard InChI is InChI=1S/C15H14N4S2/c1-10-9-17-14(21-10)13-7-8-16-15(19-13)18-11-3-5-12(20-2)6-4-11/h3-9H,1-2H3,(H,16,18,19). The number of nitrogens with one attached hydrogen (secondary N) is 1. The first-order valence-corrected chi connectivity index (χ1v) is 8.45. The predicted octanol–water partition coefficient (Wildman–Crippen LogP) is 4.37. The lowest BCUT2D eigenvalue weighted by molar-refractivity contribution is 1.16. The molecular formula is C15H14N4S2. The zero-order chi connectivity index (χ0) is 14.7. The molecule has 3 aromatic rings. The van der Waals surface area contributed by atoms with E-state index in [0.29, 0.717) is 5.95 Å². The average Bonchev–Trinajstić information content (AvgIpc) is 2.95. The Kier molecular flexibility index (Phi) is 4.17. The van der Waals surface area contributed by atoms with Crippen LogP contribution in [-0.4, -0.2) is 21.2 Å². The van der Waals surface area contributed by atoms with Gasteiger partial charge < -0.3 is 5.32 Å². The minimum atomic E-state index is 0.581. The highest BCUT2D eigenvalue weighted by Crippen LogP contribution is 2.24. The van der Waals surface area contributed by atoms with Crippen LogP contribution in [0.4, 0.5) is 11.6 Å². The molecule has 0 amide bonds. The lowest BCUT2D eigenvalue weighted by Crippen LogP contribution is -1.97. The van der Waals surface area contributed by atoms with Crippen molar-refractivity contribution in [2.24, 2.45) is 0 Å². The summed E-state index contributed by atoms with van der Waals surface area (Å²) in [6.45, 7) is 2.04. The van der Waals surface area contributed by atoms with E-state index in [0.717, 1.165) is 16.4 Å². The normalized spacial score (nSPS) is 10.6. The molecule has 2 aromatic heterocycles. The van der Waals surface area contributed by atoms with Gasteiger partial charge in [0.25, 0.3) is 0 Å². The number of rotatable bonds is 4. The Morgan fingerprint density at radius 1 is 1.10 bits per heavy atom. The third kappa shape index (κ3) is 3.40. The maximum absolute atomic E-state index is 4.51. The summed E-state index contributed by atoms with van der Waals surface area (Å²) >= 11 is 3.35. The van der Waals surface area contributed by atoms with Gasteiger partial charge in [0.2, 0.25) is 5.95 Å². The van der Waals surface area contributed by atoms with Crippen molar-refractivity contribution >= 4 is 34.7 Å². The van der Waals surface area contributed by atoms with Crippen LogP contribution in [-0.2, 0) is 0 Å². The molecule has 21 heavy (non-hydrogen) atoms. The van der Waals surface area contributed by atoms with E-state index in [4.69, 9.17) is 0 Å². The second kappa shape index (κ2) is 6.24. The van der Waals surface area contributed by atoms with Gasteiger partial charge in [0.05, 0.1) is 0 Å². The largest absolute Gasteiger partial charge is 0.324 e. The van der Waals surface area contributed by atoms with Gasteiger partial charge in [0.1, 0.15) is 10.7 Å². The fourth-order valence-electron chi connectivity index (χ4n) is 1.81. The molecule has 0 saturated carbocycles. The highest BCUT2D eigenvalue weighted by Gasteiger charge is 2.06. The number of benzene rings is 1. The SMILES string of the molecule is CSc1ccc(Nc2nccc(-c3ncc(C)s3)n2)cc1. The summed E-state index contributed by atoms with van der Waals surface area (Å²) in [5, 5.41) is 4.13. The van der Waals surface area contributed by atoms with Crippen LogP contribution >= 0.6 is 23.1 Å². The predicted molar refractivity (Wildman–Crippen MR) is 89.4 cm³/mol. The molecule has 0 saturated heterocycles. The van der Waals surface area contributed by atoms with Gasteiger partial charge in [-0.1, -0.05) is 0 Å². The quantitative estimate of drug-likeness (QED) is 0.724. The molecule has 0 unspecified atom stereocenters. The molecule has 0 bridgehead atoms. The third-order valence-corrected chi connectivity index (χ3v) is 4.52. The molecule has 1 aromatic carbocycles. The Morgan fingerprint density at radius 2 is 1.90 bits per heavy atom. The van der Waals surface area contributed by atoms with Crippen LogP contribution in [0, 0.1) is 6.92 Å². The van der Waals surface area contributed by atoms with Crippen LogP contribution < -0.4 is 5.32 Å². The van der Waals surface area contributed by atoms with Crippen molar-refractivity contribution < 1.29 is 0 Å². The Balaban J connectivity index is 1.82. The number of thioether (sulfide) groups is 1. The Bertz CT molecular complexity index is 737. The maximum atomic E-state index is 4.51. The molecule has 0 radical (unpaired) electrons. The molecule has 0 atom stereocenters. The lowest BCUT2D eigenvalue weighted by Gasteiger charge is -2.06. The molecule has 4 nitrogen and oxygen atoms in total. The van der Waals surface area contributed by atoms with Gasteiger partial charge in [-0.2, -0.15) is 0 Å². The molecule has 6 heteroatoms. The molecule has 3 rings (SSSR count). The van der Waals surface area contributed by atoms with Gasteiger partial charge in [-0.3, -0.25) is 0 Å². The first kappa shape index (κ1) is 14.0. The van der Waals surface area contributed by atoms with E-state index in [1.807, 2.05) is 31.3 Å². The fourth-order valence-corrected chi connectivity index (χ4v) is 2.96. The summed E-state index contributed by atoms with van der Waals surface area (Å²) < 4.78 is 0. The fraction of sp³-hybridized carbons (Fsp3) is 0.133. The van der Waals surface area contributed by atoms with E-state index in [2.05, 4.69) is 38.7 Å². The number of hydrogen-bond acceptors (Lipinski definition) is 6. The first-order chi connectivity index (χ1) is 10.2. The van der Waals surface area contributed by atoms with Gasteiger partial charge in [-0.25, -0.2) is 15.0 Å². The van der Waals surface area contributed by atoms with Crippen molar-refractivity contribution in [3.63, 3.8) is 0 Å². The molecule has 2 heterocycles. The van der Waals surface area contributed by atoms with Crippen molar-refractivity contribution in [3.8, 4) is 10.7 Å². The number of anilines is 2. The number of aromatic nitrogens is 3. The number of aryl methyl sites for hydroxylation is 1. The summed E-state index contributed by atoms with van der Waals surface area (Å²) in [4.78, 5) is 15.5. The minimum absolute atomic E-state index is 0.581. The summed E-state index contributed by atoms with van der Waals surface area (Å²) in [7, 11) is 0. The molecular weight excluding hydrogens is 300 g/mol. The van der Waals surface area contributed by atoms with Gasteiger partial charge in [-0.05, 0) is 43.5 Å². The second-order valence-electron chi connectivity index (χ2n) is 4.40. The summed E-state index contributed by atoms with van der Waals surface area (Å²) in [6, 6.07) is 10.1. The summed E-state index contributed by atoms with van der Waals surface area (Å²) in [6.07, 6.45) is 5.67. The smallest absolute Gasteiger partial charge is 0.227 e. The van der Waals surface area contributed by atoms with Gasteiger partial charge in [0.15, 0.2) is 0 Å². The van der Waals surface area contributed by atoms with Crippen LogP contribution in [0.25, 0.3) is 10.7 Å². The minimum Gasteiger partial charge on any atom is -0.324 e. The van der Waals surface area contributed by atoms with Gasteiger partial charge >= 0.3 is 0 Å². The molecule has 106 valence electrons. The zero-order valence-electron chi connectivity index (χ0n) is 11.7. The van der Waals surface area contributed by atoms with Crippen molar-refractivity contribution in [1.82, 2.24) is 15.0 Å². The molecule has 0 spiro atoms. The monoisotopic (exact) mass is 314 g/mol. The average molecular weight is 314 g/mol. The van der Waals surface area contributed by atoms with Crippen molar-refractivity contribution in [2.45, 2.75) is 11.8 Å². The highest BCUT2D eigenvalue weighted by atomic mass is 32.2. The van der Waals surface area contributed by atoms with Crippen molar-refractivity contribution in [3.05, 3.63) is 47.6 Å². The zero-order valence-corrected chi connectivity index (χ0v) is 13.3. The van der Waals surface area contributed by atoms with Gasteiger partial charge in [0, 0.05) is 27.9 Å². The van der Waals surface area contributed by atoms with Crippen LogP contribution in [0.15, 0.2) is 47.6 Å². The Hall–Kier alpha value is -1.92. The first-order valence-electron chi connectivity index (χ1n) is 6.41. The molecule has 0 aliphatic heterocycles. The number of hydrogen-bond donors (Lipinski definition) is 1. The van der Waals surface area contributed by atoms with Crippen LogP contribution in [0.5, 0.6) is 0 Å². The number of thiazole rings is 1. The Morgan fingerprint density at radius 3 is 2.57 bits per heavy atom. The van der Waals surface area contributed by atoms with Crippen molar-refractivity contribution in [1.29, 1.82) is 0 Å². The van der Waals surface area contributed by atoms with E-state index >= 15 is 0 Å². The molecule has 0 aliphatic rings. The van der Waals surface area contributed by atoms with Crippen LogP contribution in [0.2, 0.25) is 0 Å². The highest BCUT2D eigenvalue weighted by molar-refractivity contribution is 7.98. The third-order valence-electron chi connectivity index (χ3n) is 2.84. The van der Waals surface area contributed by atoms with E-state index in [-0.39, 0.29) is 0 Å². The maximum Gasteiger partial charge on any atom is 0.227 e. The van der Waals surface area contributed by atoms with Crippen LogP contribution in [0.1, 0.15) is 4.88 Å².